The summed E-state index contributed by atoms with van der Waals surface area (Å²) in [6, 6.07) is 3.42. The average Bonchev–Trinajstić information content (AvgIpc) is 2.24. The molecule has 0 unspecified atom stereocenters. The largest absolute Gasteiger partial charge is 0.457 e. The molecule has 1 aromatic rings. The van der Waals surface area contributed by atoms with E-state index < -0.39 is 11.6 Å². The van der Waals surface area contributed by atoms with Crippen molar-refractivity contribution in [3.63, 3.8) is 0 Å². The normalized spacial score (nSPS) is 11.8. The van der Waals surface area contributed by atoms with Gasteiger partial charge in [-0.05, 0) is 44.5 Å². The minimum absolute atomic E-state index is 0.0458. The Labute approximate surface area is 101 Å². The molecule has 0 bridgehead atoms. The summed E-state index contributed by atoms with van der Waals surface area (Å²) < 4.78 is 5.11. The molecule has 17 heavy (non-hydrogen) atoms. The molecular weight excluding hydrogens is 218 g/mol. The highest BCUT2D eigenvalue weighted by atomic mass is 16.6. The summed E-state index contributed by atoms with van der Waals surface area (Å²) in [5.41, 5.74) is 0.869. The summed E-state index contributed by atoms with van der Waals surface area (Å²) in [6.45, 7) is 5.38. The zero-order valence-corrected chi connectivity index (χ0v) is 10.3. The molecule has 1 heterocycles. The van der Waals surface area contributed by atoms with Crippen molar-refractivity contribution in [2.24, 2.45) is 0 Å². The number of hydrogen-bond acceptors (Lipinski definition) is 4. The maximum Gasteiger partial charge on any atom is 0.331 e. The molecule has 0 radical (unpaired) electrons. The minimum Gasteiger partial charge on any atom is -0.457 e. The number of nitrogens with zero attached hydrogens (tertiary/aromatic N) is 1. The Morgan fingerprint density at radius 1 is 1.53 bits per heavy atom. The highest BCUT2D eigenvalue weighted by molar-refractivity contribution is 5.87. The van der Waals surface area contributed by atoms with Crippen LogP contribution in [0.25, 0.3) is 6.08 Å². The predicted molar refractivity (Wildman–Crippen MR) is 65.0 cm³/mol. The first-order valence-electron chi connectivity index (χ1n) is 5.37. The van der Waals surface area contributed by atoms with Gasteiger partial charge in [-0.2, -0.15) is 0 Å². The summed E-state index contributed by atoms with van der Waals surface area (Å²) in [7, 11) is 0. The van der Waals surface area contributed by atoms with Crippen LogP contribution < -0.4 is 0 Å². The first kappa shape index (κ1) is 13.4. The fraction of sp³-hybridized carbons (Fsp3) is 0.385. The van der Waals surface area contributed by atoms with Crippen LogP contribution in [0.2, 0.25) is 0 Å². The van der Waals surface area contributed by atoms with Crippen molar-refractivity contribution < 1.29 is 14.6 Å². The Morgan fingerprint density at radius 2 is 2.24 bits per heavy atom. The minimum atomic E-state index is -0.498. The molecule has 0 fully saturated rings. The van der Waals surface area contributed by atoms with Gasteiger partial charge in [0, 0.05) is 12.3 Å². The van der Waals surface area contributed by atoms with Crippen LogP contribution in [-0.2, 0) is 16.1 Å². The third kappa shape index (κ3) is 5.26. The lowest BCUT2D eigenvalue weighted by molar-refractivity contribution is -0.148. The molecule has 0 aromatic carbocycles. The van der Waals surface area contributed by atoms with Gasteiger partial charge in [0.1, 0.15) is 5.60 Å². The van der Waals surface area contributed by atoms with Gasteiger partial charge in [-0.25, -0.2) is 4.79 Å². The zero-order chi connectivity index (χ0) is 12.9. The highest BCUT2D eigenvalue weighted by Gasteiger charge is 2.13. The summed E-state index contributed by atoms with van der Waals surface area (Å²) in [5.74, 6) is -0.409. The number of hydrogen-bond donors (Lipinski definition) is 1. The monoisotopic (exact) mass is 235 g/mol. The maximum absolute atomic E-state index is 11.4. The molecule has 0 saturated carbocycles. The third-order valence-corrected chi connectivity index (χ3v) is 1.83. The van der Waals surface area contributed by atoms with E-state index in [1.165, 1.54) is 6.08 Å². The van der Waals surface area contributed by atoms with Crippen molar-refractivity contribution in [2.45, 2.75) is 33.0 Å². The molecule has 0 spiro atoms. The van der Waals surface area contributed by atoms with E-state index >= 15 is 0 Å². The van der Waals surface area contributed by atoms with Gasteiger partial charge in [0.15, 0.2) is 0 Å². The standard InChI is InChI=1S/C13H17NO3/c1-13(2,3)17-12(16)5-4-11-8-10(9-15)6-7-14-11/h4-8,15H,9H2,1-3H3/b5-4+. The number of esters is 1. The van der Waals surface area contributed by atoms with Crippen LogP contribution in [0.5, 0.6) is 0 Å². The van der Waals surface area contributed by atoms with Crippen LogP contribution in [0.4, 0.5) is 0 Å². The van der Waals surface area contributed by atoms with Gasteiger partial charge >= 0.3 is 5.97 Å². The predicted octanol–water partition coefficient (Wildman–Crippen LogP) is 1.93. The van der Waals surface area contributed by atoms with E-state index in [2.05, 4.69) is 4.98 Å². The van der Waals surface area contributed by atoms with Gasteiger partial charge in [0.05, 0.1) is 12.3 Å². The van der Waals surface area contributed by atoms with Gasteiger partial charge in [-0.15, -0.1) is 0 Å². The Hall–Kier alpha value is -1.68. The van der Waals surface area contributed by atoms with E-state index in [0.29, 0.717) is 5.69 Å². The van der Waals surface area contributed by atoms with Gasteiger partial charge in [0.25, 0.3) is 0 Å². The number of carbonyl (C=O) groups excluding carboxylic acids is 1. The van der Waals surface area contributed by atoms with E-state index in [-0.39, 0.29) is 6.61 Å². The Morgan fingerprint density at radius 3 is 2.82 bits per heavy atom. The topological polar surface area (TPSA) is 59.4 Å². The first-order valence-corrected chi connectivity index (χ1v) is 5.37. The molecule has 0 saturated heterocycles. The van der Waals surface area contributed by atoms with Crippen LogP contribution in [0.15, 0.2) is 24.4 Å². The van der Waals surface area contributed by atoms with E-state index in [4.69, 9.17) is 9.84 Å². The van der Waals surface area contributed by atoms with Crippen LogP contribution in [0.3, 0.4) is 0 Å². The number of pyridine rings is 1. The second-order valence-corrected chi connectivity index (χ2v) is 4.61. The average molecular weight is 235 g/mol. The van der Waals surface area contributed by atoms with Crippen molar-refractivity contribution in [1.82, 2.24) is 4.98 Å². The lowest BCUT2D eigenvalue weighted by atomic mass is 10.2. The van der Waals surface area contributed by atoms with E-state index in [0.717, 1.165) is 5.56 Å². The Balaban J connectivity index is 2.67. The van der Waals surface area contributed by atoms with E-state index in [9.17, 15) is 4.79 Å². The quantitative estimate of drug-likeness (QED) is 0.642. The molecule has 4 heteroatoms. The number of ether oxygens (including phenoxy) is 1. The van der Waals surface area contributed by atoms with Crippen molar-refractivity contribution in [3.8, 4) is 0 Å². The van der Waals surface area contributed by atoms with Gasteiger partial charge in [0.2, 0.25) is 0 Å². The molecule has 1 N–H and O–H groups in total. The summed E-state index contributed by atoms with van der Waals surface area (Å²) in [5, 5.41) is 8.95. The number of rotatable bonds is 3. The van der Waals surface area contributed by atoms with E-state index in [1.807, 2.05) is 20.8 Å². The fourth-order valence-electron chi connectivity index (χ4n) is 1.17. The Kier molecular flexibility index (Phi) is 4.40. The fourth-order valence-corrected chi connectivity index (χ4v) is 1.17. The molecule has 92 valence electrons. The number of aliphatic hydroxyl groups is 1. The van der Waals surface area contributed by atoms with Gasteiger partial charge in [-0.3, -0.25) is 4.98 Å². The Bertz CT molecular complexity index is 419. The molecule has 0 aliphatic carbocycles. The molecule has 1 aromatic heterocycles. The molecule has 1 rings (SSSR count). The third-order valence-electron chi connectivity index (χ3n) is 1.83. The second-order valence-electron chi connectivity index (χ2n) is 4.61. The van der Waals surface area contributed by atoms with Crippen LogP contribution >= 0.6 is 0 Å². The summed E-state index contributed by atoms with van der Waals surface area (Å²) in [4.78, 5) is 15.5. The molecule has 0 aliphatic heterocycles. The summed E-state index contributed by atoms with van der Waals surface area (Å²) in [6.07, 6.45) is 4.47. The SMILES string of the molecule is CC(C)(C)OC(=O)/C=C/c1cc(CO)ccn1. The zero-order valence-electron chi connectivity index (χ0n) is 10.3. The lowest BCUT2D eigenvalue weighted by Gasteiger charge is -2.17. The van der Waals surface area contributed by atoms with Crippen LogP contribution in [-0.4, -0.2) is 21.7 Å². The molecular formula is C13H17NO3. The van der Waals surface area contributed by atoms with Crippen LogP contribution in [0, 0.1) is 0 Å². The van der Waals surface area contributed by atoms with Gasteiger partial charge in [-0.1, -0.05) is 0 Å². The summed E-state index contributed by atoms with van der Waals surface area (Å²) >= 11 is 0. The second kappa shape index (κ2) is 5.59. The lowest BCUT2D eigenvalue weighted by Crippen LogP contribution is -2.22. The molecule has 0 aliphatic rings. The van der Waals surface area contributed by atoms with Crippen molar-refractivity contribution in [2.75, 3.05) is 0 Å². The van der Waals surface area contributed by atoms with E-state index in [1.54, 1.807) is 24.4 Å². The van der Waals surface area contributed by atoms with Crippen molar-refractivity contribution in [1.29, 1.82) is 0 Å². The molecule has 0 amide bonds. The molecule has 0 atom stereocenters. The number of aromatic nitrogens is 1. The van der Waals surface area contributed by atoms with Crippen LogP contribution in [0.1, 0.15) is 32.0 Å². The van der Waals surface area contributed by atoms with Gasteiger partial charge < -0.3 is 9.84 Å². The molecule has 4 nitrogen and oxygen atoms in total. The smallest absolute Gasteiger partial charge is 0.331 e. The van der Waals surface area contributed by atoms with Crippen molar-refractivity contribution in [3.05, 3.63) is 35.7 Å². The number of aliphatic hydroxyl groups excluding tert-OH is 1. The highest BCUT2D eigenvalue weighted by Crippen LogP contribution is 2.08. The maximum atomic E-state index is 11.4. The number of carbonyl (C=O) groups is 1. The first-order chi connectivity index (χ1) is 7.90. The van der Waals surface area contributed by atoms with Crippen molar-refractivity contribution >= 4 is 12.0 Å².